The molecule has 0 fully saturated rings. The molecule has 0 aromatic carbocycles. The maximum absolute atomic E-state index is 10.9. The Hall–Kier alpha value is -1.93. The fourth-order valence-corrected chi connectivity index (χ4v) is 1.19. The molecule has 0 amide bonds. The highest BCUT2D eigenvalue weighted by Gasteiger charge is 2.11. The van der Waals surface area contributed by atoms with Crippen LogP contribution in [0.15, 0.2) is 12.5 Å². The molecule has 1 heterocycles. The van der Waals surface area contributed by atoms with E-state index in [2.05, 4.69) is 21.2 Å². The molecule has 0 aliphatic rings. The summed E-state index contributed by atoms with van der Waals surface area (Å²) >= 11 is 0. The first-order valence-electron chi connectivity index (χ1n) is 4.84. The fraction of sp³-hybridized carbons (Fsp3) is 0.364. The molecule has 1 unspecified atom stereocenters. The minimum Gasteiger partial charge on any atom is -0.478 e. The standard InChI is InChI=1S/C11H13N3O2/c1-3-4-8(2)13-6-10-9(11(15)16)5-12-7-14-10/h1,5,7-8,13H,4,6H2,2H3,(H,15,16). The van der Waals surface area contributed by atoms with Gasteiger partial charge in [0, 0.05) is 25.2 Å². The molecular weight excluding hydrogens is 206 g/mol. The lowest BCUT2D eigenvalue weighted by molar-refractivity contribution is 0.0694. The van der Waals surface area contributed by atoms with Gasteiger partial charge >= 0.3 is 5.97 Å². The monoisotopic (exact) mass is 219 g/mol. The second-order valence-corrected chi connectivity index (χ2v) is 3.38. The van der Waals surface area contributed by atoms with Crippen molar-refractivity contribution in [3.63, 3.8) is 0 Å². The van der Waals surface area contributed by atoms with E-state index in [4.69, 9.17) is 11.5 Å². The van der Waals surface area contributed by atoms with E-state index >= 15 is 0 Å². The van der Waals surface area contributed by atoms with Gasteiger partial charge in [0.25, 0.3) is 0 Å². The molecule has 0 bridgehead atoms. The van der Waals surface area contributed by atoms with Crippen LogP contribution in [0.1, 0.15) is 29.4 Å². The summed E-state index contributed by atoms with van der Waals surface area (Å²) in [5, 5.41) is 12.0. The largest absolute Gasteiger partial charge is 0.478 e. The second kappa shape index (κ2) is 5.83. The second-order valence-electron chi connectivity index (χ2n) is 3.38. The minimum atomic E-state index is -1.03. The van der Waals surface area contributed by atoms with Crippen molar-refractivity contribution in [1.82, 2.24) is 15.3 Å². The van der Waals surface area contributed by atoms with Crippen molar-refractivity contribution in [1.29, 1.82) is 0 Å². The van der Waals surface area contributed by atoms with Crippen molar-refractivity contribution >= 4 is 5.97 Å². The average molecular weight is 219 g/mol. The molecule has 0 saturated heterocycles. The molecule has 1 atom stereocenters. The molecule has 0 radical (unpaired) electrons. The molecule has 1 aromatic rings. The van der Waals surface area contributed by atoms with E-state index in [1.165, 1.54) is 12.5 Å². The zero-order valence-electron chi connectivity index (χ0n) is 8.97. The molecule has 5 nitrogen and oxygen atoms in total. The van der Waals surface area contributed by atoms with E-state index in [1.54, 1.807) is 0 Å². The van der Waals surface area contributed by atoms with E-state index in [1.807, 2.05) is 6.92 Å². The van der Waals surface area contributed by atoms with Crippen LogP contribution in [-0.2, 0) is 6.54 Å². The lowest BCUT2D eigenvalue weighted by Crippen LogP contribution is -2.26. The van der Waals surface area contributed by atoms with Gasteiger partial charge in [-0.15, -0.1) is 12.3 Å². The normalized spacial score (nSPS) is 11.8. The Labute approximate surface area is 93.9 Å². The van der Waals surface area contributed by atoms with Gasteiger partial charge in [0.15, 0.2) is 0 Å². The van der Waals surface area contributed by atoms with Crippen molar-refractivity contribution in [2.24, 2.45) is 0 Å². The number of aromatic carboxylic acids is 1. The molecule has 0 aliphatic heterocycles. The van der Waals surface area contributed by atoms with Gasteiger partial charge in [0.1, 0.15) is 11.9 Å². The number of carbonyl (C=O) groups is 1. The van der Waals surface area contributed by atoms with Gasteiger partial charge in [-0.25, -0.2) is 14.8 Å². The highest BCUT2D eigenvalue weighted by atomic mass is 16.4. The summed E-state index contributed by atoms with van der Waals surface area (Å²) in [6, 6.07) is 0.126. The van der Waals surface area contributed by atoms with Crippen LogP contribution >= 0.6 is 0 Å². The smallest absolute Gasteiger partial charge is 0.339 e. The van der Waals surface area contributed by atoms with Crippen molar-refractivity contribution in [3.8, 4) is 12.3 Å². The Morgan fingerprint density at radius 2 is 2.50 bits per heavy atom. The number of nitrogens with zero attached hydrogens (tertiary/aromatic N) is 2. The number of carboxylic acid groups (broad SMARTS) is 1. The van der Waals surface area contributed by atoms with E-state index in [-0.39, 0.29) is 11.6 Å². The van der Waals surface area contributed by atoms with Crippen molar-refractivity contribution in [2.75, 3.05) is 0 Å². The van der Waals surface area contributed by atoms with Crippen molar-refractivity contribution in [3.05, 3.63) is 23.8 Å². The van der Waals surface area contributed by atoms with E-state index < -0.39 is 5.97 Å². The summed E-state index contributed by atoms with van der Waals surface area (Å²) in [6.45, 7) is 2.30. The van der Waals surface area contributed by atoms with Crippen LogP contribution in [-0.4, -0.2) is 27.1 Å². The molecular formula is C11H13N3O2. The Kier molecular flexibility index (Phi) is 4.42. The average Bonchev–Trinajstić information content (AvgIpc) is 2.27. The summed E-state index contributed by atoms with van der Waals surface area (Å²) in [5.41, 5.74) is 0.578. The third-order valence-corrected chi connectivity index (χ3v) is 2.07. The third-order valence-electron chi connectivity index (χ3n) is 2.07. The maximum Gasteiger partial charge on any atom is 0.339 e. The zero-order valence-corrected chi connectivity index (χ0v) is 8.97. The van der Waals surface area contributed by atoms with Gasteiger partial charge in [0.05, 0.1) is 5.69 Å². The molecule has 16 heavy (non-hydrogen) atoms. The van der Waals surface area contributed by atoms with Crippen molar-refractivity contribution < 1.29 is 9.90 Å². The first-order chi connectivity index (χ1) is 7.65. The zero-order chi connectivity index (χ0) is 12.0. The summed E-state index contributed by atoms with van der Waals surface area (Å²) in [5.74, 6) is 1.50. The van der Waals surface area contributed by atoms with Gasteiger partial charge in [-0.3, -0.25) is 0 Å². The number of nitrogens with one attached hydrogen (secondary N) is 1. The van der Waals surface area contributed by atoms with Crippen LogP contribution in [0.2, 0.25) is 0 Å². The van der Waals surface area contributed by atoms with Crippen LogP contribution in [0.4, 0.5) is 0 Å². The van der Waals surface area contributed by atoms with Crippen molar-refractivity contribution in [2.45, 2.75) is 25.9 Å². The SMILES string of the molecule is C#CCC(C)NCc1ncncc1C(=O)O. The van der Waals surface area contributed by atoms with Gasteiger partial charge in [-0.2, -0.15) is 0 Å². The predicted molar refractivity (Wildman–Crippen MR) is 58.7 cm³/mol. The van der Waals surface area contributed by atoms with E-state index in [0.29, 0.717) is 18.7 Å². The van der Waals surface area contributed by atoms with Crippen LogP contribution in [0, 0.1) is 12.3 Å². The lowest BCUT2D eigenvalue weighted by atomic mass is 10.2. The Morgan fingerprint density at radius 1 is 1.75 bits per heavy atom. The number of terminal acetylenes is 1. The molecule has 2 N–H and O–H groups in total. The van der Waals surface area contributed by atoms with E-state index in [9.17, 15) is 4.79 Å². The highest BCUT2D eigenvalue weighted by molar-refractivity contribution is 5.88. The summed E-state index contributed by atoms with van der Waals surface area (Å²) < 4.78 is 0. The number of aromatic nitrogens is 2. The number of carboxylic acids is 1. The van der Waals surface area contributed by atoms with Gasteiger partial charge in [0.2, 0.25) is 0 Å². The fourth-order valence-electron chi connectivity index (χ4n) is 1.19. The molecule has 0 aliphatic carbocycles. The van der Waals surface area contributed by atoms with Crippen LogP contribution in [0.5, 0.6) is 0 Å². The number of rotatable bonds is 5. The summed E-state index contributed by atoms with van der Waals surface area (Å²) in [6.07, 6.45) is 8.38. The molecule has 0 saturated carbocycles. The van der Waals surface area contributed by atoms with Crippen LogP contribution in [0.3, 0.4) is 0 Å². The number of hydrogen-bond donors (Lipinski definition) is 2. The molecule has 0 spiro atoms. The third kappa shape index (κ3) is 3.33. The molecule has 1 rings (SSSR count). The van der Waals surface area contributed by atoms with Crippen LogP contribution in [0.25, 0.3) is 0 Å². The predicted octanol–water partition coefficient (Wildman–Crippen LogP) is 0.676. The molecule has 1 aromatic heterocycles. The van der Waals surface area contributed by atoms with Gasteiger partial charge < -0.3 is 10.4 Å². The minimum absolute atomic E-state index is 0.114. The molecule has 5 heteroatoms. The van der Waals surface area contributed by atoms with E-state index in [0.717, 1.165) is 0 Å². The Balaban J connectivity index is 2.67. The van der Waals surface area contributed by atoms with Gasteiger partial charge in [-0.1, -0.05) is 0 Å². The first kappa shape index (κ1) is 12.1. The van der Waals surface area contributed by atoms with Gasteiger partial charge in [-0.05, 0) is 6.92 Å². The first-order valence-corrected chi connectivity index (χ1v) is 4.84. The lowest BCUT2D eigenvalue weighted by Gasteiger charge is -2.11. The summed E-state index contributed by atoms with van der Waals surface area (Å²) in [4.78, 5) is 18.5. The maximum atomic E-state index is 10.9. The Bertz CT molecular complexity index is 412. The molecule has 84 valence electrons. The quantitative estimate of drug-likeness (QED) is 0.712. The topological polar surface area (TPSA) is 75.1 Å². The number of hydrogen-bond acceptors (Lipinski definition) is 4. The Morgan fingerprint density at radius 3 is 3.12 bits per heavy atom. The van der Waals surface area contributed by atoms with Crippen LogP contribution < -0.4 is 5.32 Å². The summed E-state index contributed by atoms with van der Waals surface area (Å²) in [7, 11) is 0. The highest BCUT2D eigenvalue weighted by Crippen LogP contribution is 2.03.